The van der Waals surface area contributed by atoms with Crippen molar-refractivity contribution >= 4 is 0 Å². The normalized spacial score (nSPS) is 29.1. The molecule has 0 radical (unpaired) electrons. The van der Waals surface area contributed by atoms with Crippen LogP contribution in [0.2, 0.25) is 0 Å². The van der Waals surface area contributed by atoms with Crippen LogP contribution in [0.4, 0.5) is 0 Å². The van der Waals surface area contributed by atoms with Gasteiger partial charge in [0.05, 0.1) is 0 Å². The maximum absolute atomic E-state index is 9.31. The van der Waals surface area contributed by atoms with Gasteiger partial charge in [-0.15, -0.1) is 0 Å². The van der Waals surface area contributed by atoms with Gasteiger partial charge < -0.3 is 10.4 Å². The van der Waals surface area contributed by atoms with Gasteiger partial charge in [-0.3, -0.25) is 0 Å². The topological polar surface area (TPSA) is 32.3 Å². The quantitative estimate of drug-likeness (QED) is 0.680. The molecule has 2 N–H and O–H groups in total. The highest BCUT2D eigenvalue weighted by molar-refractivity contribution is 4.79. The molecule has 2 heteroatoms. The summed E-state index contributed by atoms with van der Waals surface area (Å²) in [5.41, 5.74) is 0. The average molecular weight is 199 g/mol. The van der Waals surface area contributed by atoms with Crippen molar-refractivity contribution in [3.05, 3.63) is 0 Å². The lowest BCUT2D eigenvalue weighted by Gasteiger charge is -2.25. The Morgan fingerprint density at radius 1 is 1.21 bits per heavy atom. The van der Waals surface area contributed by atoms with Crippen molar-refractivity contribution in [2.45, 2.75) is 52.0 Å². The molecule has 1 saturated carbocycles. The van der Waals surface area contributed by atoms with Gasteiger partial charge >= 0.3 is 0 Å². The van der Waals surface area contributed by atoms with Crippen LogP contribution in [0.15, 0.2) is 0 Å². The van der Waals surface area contributed by atoms with Gasteiger partial charge in [0.1, 0.15) is 0 Å². The number of aliphatic hydroxyl groups is 1. The third-order valence-corrected chi connectivity index (χ3v) is 3.18. The Labute approximate surface area is 88.1 Å². The molecule has 0 heterocycles. The molecule has 1 aliphatic rings. The minimum atomic E-state index is 0.357. The molecule has 1 fully saturated rings. The molecular formula is C12H25NO. The highest BCUT2D eigenvalue weighted by atomic mass is 16.3. The number of rotatable bonds is 4. The molecule has 0 amide bonds. The van der Waals surface area contributed by atoms with E-state index in [1.54, 1.807) is 0 Å². The Morgan fingerprint density at radius 2 is 1.93 bits per heavy atom. The van der Waals surface area contributed by atoms with E-state index in [0.29, 0.717) is 24.5 Å². The summed E-state index contributed by atoms with van der Waals surface area (Å²) in [5, 5.41) is 12.9. The van der Waals surface area contributed by atoms with Crippen molar-refractivity contribution < 1.29 is 5.11 Å². The van der Waals surface area contributed by atoms with E-state index in [9.17, 15) is 5.11 Å². The molecule has 0 aromatic carbocycles. The largest absolute Gasteiger partial charge is 0.396 e. The van der Waals surface area contributed by atoms with Crippen molar-refractivity contribution in [1.29, 1.82) is 0 Å². The number of hydrogen-bond donors (Lipinski definition) is 2. The summed E-state index contributed by atoms with van der Waals surface area (Å²) >= 11 is 0. The second kappa shape index (κ2) is 6.41. The SMILES string of the molecule is CC(C)CNC1CCCCCC1CO. The monoisotopic (exact) mass is 199 g/mol. The van der Waals surface area contributed by atoms with Crippen LogP contribution in [0.5, 0.6) is 0 Å². The first kappa shape index (κ1) is 12.0. The van der Waals surface area contributed by atoms with Crippen LogP contribution in [-0.4, -0.2) is 24.3 Å². The first-order valence-electron chi connectivity index (χ1n) is 6.08. The molecule has 2 unspecified atom stereocenters. The Hall–Kier alpha value is -0.0800. The third kappa shape index (κ3) is 3.97. The van der Waals surface area contributed by atoms with Crippen LogP contribution in [-0.2, 0) is 0 Å². The van der Waals surface area contributed by atoms with Crippen molar-refractivity contribution in [3.63, 3.8) is 0 Å². The molecule has 2 nitrogen and oxygen atoms in total. The Morgan fingerprint density at radius 3 is 2.57 bits per heavy atom. The van der Waals surface area contributed by atoms with Crippen LogP contribution >= 0.6 is 0 Å². The number of hydrogen-bond acceptors (Lipinski definition) is 2. The molecule has 14 heavy (non-hydrogen) atoms. The van der Waals surface area contributed by atoms with Crippen LogP contribution in [0, 0.1) is 11.8 Å². The minimum absolute atomic E-state index is 0.357. The standard InChI is InChI=1S/C12H25NO/c1-10(2)8-13-12-7-5-3-4-6-11(12)9-14/h10-14H,3-9H2,1-2H3. The van der Waals surface area contributed by atoms with Gasteiger partial charge in [-0.1, -0.05) is 33.1 Å². The zero-order valence-electron chi connectivity index (χ0n) is 9.63. The predicted octanol–water partition coefficient (Wildman–Crippen LogP) is 2.17. The van der Waals surface area contributed by atoms with Crippen molar-refractivity contribution in [3.8, 4) is 0 Å². The molecule has 84 valence electrons. The van der Waals surface area contributed by atoms with E-state index in [4.69, 9.17) is 0 Å². The molecule has 0 aromatic rings. The van der Waals surface area contributed by atoms with Crippen LogP contribution in [0.1, 0.15) is 46.0 Å². The summed E-state index contributed by atoms with van der Waals surface area (Å²) in [7, 11) is 0. The Kier molecular flexibility index (Phi) is 5.49. The second-order valence-electron chi connectivity index (χ2n) is 4.99. The van der Waals surface area contributed by atoms with Crippen LogP contribution in [0.3, 0.4) is 0 Å². The smallest absolute Gasteiger partial charge is 0.0474 e. The lowest BCUT2D eigenvalue weighted by atomic mass is 9.95. The lowest BCUT2D eigenvalue weighted by molar-refractivity contribution is 0.179. The highest BCUT2D eigenvalue weighted by Gasteiger charge is 2.22. The van der Waals surface area contributed by atoms with Gasteiger partial charge in [-0.05, 0) is 31.2 Å². The van der Waals surface area contributed by atoms with Crippen molar-refractivity contribution in [2.75, 3.05) is 13.2 Å². The minimum Gasteiger partial charge on any atom is -0.396 e. The fourth-order valence-corrected chi connectivity index (χ4v) is 2.26. The molecule has 2 atom stereocenters. The van der Waals surface area contributed by atoms with E-state index in [1.165, 1.54) is 32.1 Å². The zero-order valence-corrected chi connectivity index (χ0v) is 9.63. The van der Waals surface area contributed by atoms with Gasteiger partial charge in [0, 0.05) is 12.6 Å². The summed E-state index contributed by atoms with van der Waals surface area (Å²) in [4.78, 5) is 0. The van der Waals surface area contributed by atoms with Crippen LogP contribution in [0.25, 0.3) is 0 Å². The summed E-state index contributed by atoms with van der Waals surface area (Å²) < 4.78 is 0. The van der Waals surface area contributed by atoms with E-state index < -0.39 is 0 Å². The van der Waals surface area contributed by atoms with Gasteiger partial charge in [0.25, 0.3) is 0 Å². The first-order valence-corrected chi connectivity index (χ1v) is 6.08. The fraction of sp³-hybridized carbons (Fsp3) is 1.00. The summed E-state index contributed by atoms with van der Waals surface area (Å²) in [6.07, 6.45) is 6.41. The maximum atomic E-state index is 9.31. The van der Waals surface area contributed by atoms with Crippen molar-refractivity contribution in [2.24, 2.45) is 11.8 Å². The molecule has 0 saturated heterocycles. The summed E-state index contributed by atoms with van der Waals surface area (Å²) in [6, 6.07) is 0.560. The maximum Gasteiger partial charge on any atom is 0.0474 e. The highest BCUT2D eigenvalue weighted by Crippen LogP contribution is 2.23. The molecule has 0 aliphatic heterocycles. The number of aliphatic hydroxyl groups excluding tert-OH is 1. The summed E-state index contributed by atoms with van der Waals surface area (Å²) in [5.74, 6) is 1.20. The Bertz CT molecular complexity index is 147. The first-order chi connectivity index (χ1) is 6.74. The third-order valence-electron chi connectivity index (χ3n) is 3.18. The van der Waals surface area contributed by atoms with Crippen LogP contribution < -0.4 is 5.32 Å². The van der Waals surface area contributed by atoms with E-state index in [-0.39, 0.29) is 0 Å². The van der Waals surface area contributed by atoms with Gasteiger partial charge in [-0.2, -0.15) is 0 Å². The van der Waals surface area contributed by atoms with E-state index in [2.05, 4.69) is 19.2 Å². The number of nitrogens with one attached hydrogen (secondary N) is 1. The average Bonchev–Trinajstić information content (AvgIpc) is 2.38. The van der Waals surface area contributed by atoms with Gasteiger partial charge in [-0.25, -0.2) is 0 Å². The Balaban J connectivity index is 2.36. The van der Waals surface area contributed by atoms with E-state index in [0.717, 1.165) is 6.54 Å². The lowest BCUT2D eigenvalue weighted by Crippen LogP contribution is -2.39. The predicted molar refractivity (Wildman–Crippen MR) is 60.3 cm³/mol. The van der Waals surface area contributed by atoms with Crippen molar-refractivity contribution in [1.82, 2.24) is 5.32 Å². The molecule has 0 bridgehead atoms. The van der Waals surface area contributed by atoms with E-state index in [1.807, 2.05) is 0 Å². The molecule has 0 spiro atoms. The van der Waals surface area contributed by atoms with Gasteiger partial charge in [0.15, 0.2) is 0 Å². The molecule has 1 rings (SSSR count). The van der Waals surface area contributed by atoms with E-state index >= 15 is 0 Å². The molecule has 1 aliphatic carbocycles. The fourth-order valence-electron chi connectivity index (χ4n) is 2.26. The van der Waals surface area contributed by atoms with Gasteiger partial charge in [0.2, 0.25) is 0 Å². The molecule has 0 aromatic heterocycles. The molecular weight excluding hydrogens is 174 g/mol. The zero-order chi connectivity index (χ0) is 10.4. The summed E-state index contributed by atoms with van der Waals surface area (Å²) in [6.45, 7) is 5.91. The second-order valence-corrected chi connectivity index (χ2v) is 4.99.